The summed E-state index contributed by atoms with van der Waals surface area (Å²) in [4.78, 5) is 2.58. The molecule has 2 rings (SSSR count). The van der Waals surface area contributed by atoms with Crippen LogP contribution < -0.4 is 0 Å². The molecule has 0 bridgehead atoms. The Bertz CT molecular complexity index is 545. The molecule has 2 saturated heterocycles. The van der Waals surface area contributed by atoms with Crippen molar-refractivity contribution in [3.63, 3.8) is 0 Å². The summed E-state index contributed by atoms with van der Waals surface area (Å²) in [7, 11) is -3.83. The molecule has 2 heterocycles. The number of ether oxygens (including phenoxy) is 3. The van der Waals surface area contributed by atoms with E-state index in [-0.39, 0.29) is 6.54 Å². The summed E-state index contributed by atoms with van der Waals surface area (Å²) in [6.07, 6.45) is -4.47. The van der Waals surface area contributed by atoms with E-state index in [2.05, 4.69) is 10.0 Å². The zero-order chi connectivity index (χ0) is 15.8. The molecular formula is C10H17N3O7S. The first-order chi connectivity index (χ1) is 9.63. The molecule has 10 nitrogen and oxygen atoms in total. The molecule has 2 unspecified atom stereocenters. The van der Waals surface area contributed by atoms with Gasteiger partial charge in [-0.3, -0.25) is 4.18 Å². The van der Waals surface area contributed by atoms with Crippen molar-refractivity contribution in [2.75, 3.05) is 12.8 Å². The van der Waals surface area contributed by atoms with E-state index in [9.17, 15) is 13.5 Å². The summed E-state index contributed by atoms with van der Waals surface area (Å²) in [5, 5.41) is 13.5. The molecule has 2 aliphatic rings. The second kappa shape index (κ2) is 5.69. The lowest BCUT2D eigenvalue weighted by atomic mass is 9.99. The highest BCUT2D eigenvalue weighted by atomic mass is 32.2. The maximum Gasteiger partial charge on any atom is 0.264 e. The standard InChI is InChI=1S/C10H17N3O7S/c1-10(2)18-8-7(20-21(3,15)16)6(14)5(4-12-13-11)17-9(8)19-10/h5-9,14H,4H2,1-3H3/t5?,6?,7-,8+,9+/m0/s1. The Morgan fingerprint density at radius 2 is 2.10 bits per heavy atom. The van der Waals surface area contributed by atoms with Crippen molar-refractivity contribution in [3.8, 4) is 0 Å². The molecule has 0 spiro atoms. The first kappa shape index (κ1) is 16.4. The number of aliphatic hydroxyl groups excluding tert-OH is 1. The average Bonchev–Trinajstić information content (AvgIpc) is 2.64. The van der Waals surface area contributed by atoms with Gasteiger partial charge >= 0.3 is 0 Å². The molecular weight excluding hydrogens is 306 g/mol. The van der Waals surface area contributed by atoms with Gasteiger partial charge < -0.3 is 19.3 Å². The smallest absolute Gasteiger partial charge is 0.264 e. The summed E-state index contributed by atoms with van der Waals surface area (Å²) < 4.78 is 44.1. The number of hydrogen-bond donors (Lipinski definition) is 1. The molecule has 2 aliphatic heterocycles. The first-order valence-electron chi connectivity index (χ1n) is 6.21. The van der Waals surface area contributed by atoms with Gasteiger partial charge in [0.1, 0.15) is 18.3 Å². The summed E-state index contributed by atoms with van der Waals surface area (Å²) in [6.45, 7) is 3.07. The Balaban J connectivity index is 2.26. The molecule has 5 atom stereocenters. The fourth-order valence-corrected chi connectivity index (χ4v) is 2.95. The number of fused-ring (bicyclic) bond motifs is 1. The fourth-order valence-electron chi connectivity index (χ4n) is 2.33. The minimum atomic E-state index is -3.83. The predicted molar refractivity (Wildman–Crippen MR) is 68.4 cm³/mol. The second-order valence-electron chi connectivity index (χ2n) is 5.31. The first-order valence-corrected chi connectivity index (χ1v) is 8.03. The number of hydrogen-bond acceptors (Lipinski definition) is 8. The van der Waals surface area contributed by atoms with Gasteiger partial charge in [0.15, 0.2) is 12.1 Å². The van der Waals surface area contributed by atoms with E-state index in [0.29, 0.717) is 0 Å². The second-order valence-corrected chi connectivity index (χ2v) is 6.91. The zero-order valence-corrected chi connectivity index (χ0v) is 12.6. The molecule has 2 fully saturated rings. The molecule has 0 radical (unpaired) electrons. The van der Waals surface area contributed by atoms with Crippen molar-refractivity contribution in [3.05, 3.63) is 10.4 Å². The Kier molecular flexibility index (Phi) is 4.45. The van der Waals surface area contributed by atoms with Crippen molar-refractivity contribution < 1.29 is 31.9 Å². The zero-order valence-electron chi connectivity index (χ0n) is 11.7. The van der Waals surface area contributed by atoms with E-state index in [1.807, 2.05) is 0 Å². The van der Waals surface area contributed by atoms with Gasteiger partial charge in [0.2, 0.25) is 0 Å². The van der Waals surface area contributed by atoms with Crippen LogP contribution in [0.1, 0.15) is 13.8 Å². The Morgan fingerprint density at radius 1 is 1.43 bits per heavy atom. The van der Waals surface area contributed by atoms with E-state index < -0.39 is 46.6 Å². The topological polar surface area (TPSA) is 140 Å². The lowest BCUT2D eigenvalue weighted by Gasteiger charge is -2.38. The van der Waals surface area contributed by atoms with Crippen LogP contribution in [0.3, 0.4) is 0 Å². The number of azide groups is 1. The SMILES string of the molecule is CC1(C)O[C@H]2OC(CN=[N+]=[N-])C(O)[C@H](OS(C)(=O)=O)[C@H]2O1. The van der Waals surface area contributed by atoms with Crippen molar-refractivity contribution >= 4 is 10.1 Å². The fraction of sp³-hybridized carbons (Fsp3) is 1.00. The van der Waals surface area contributed by atoms with E-state index in [1.165, 1.54) is 0 Å². The highest BCUT2D eigenvalue weighted by molar-refractivity contribution is 7.86. The molecule has 21 heavy (non-hydrogen) atoms. The van der Waals surface area contributed by atoms with Crippen LogP contribution in [0.5, 0.6) is 0 Å². The van der Waals surface area contributed by atoms with Crippen molar-refractivity contribution in [2.45, 2.75) is 50.3 Å². The van der Waals surface area contributed by atoms with Crippen molar-refractivity contribution in [1.29, 1.82) is 0 Å². The van der Waals surface area contributed by atoms with E-state index in [0.717, 1.165) is 6.26 Å². The Hall–Kier alpha value is -0.940. The van der Waals surface area contributed by atoms with Crippen LogP contribution in [0.2, 0.25) is 0 Å². The third kappa shape index (κ3) is 3.83. The Labute approximate surface area is 121 Å². The van der Waals surface area contributed by atoms with Crippen LogP contribution in [-0.2, 0) is 28.5 Å². The summed E-state index contributed by atoms with van der Waals surface area (Å²) in [5.41, 5.74) is 8.34. The lowest BCUT2D eigenvalue weighted by Crippen LogP contribution is -2.58. The van der Waals surface area contributed by atoms with Crippen LogP contribution >= 0.6 is 0 Å². The van der Waals surface area contributed by atoms with Gasteiger partial charge in [0.05, 0.1) is 18.9 Å². The largest absolute Gasteiger partial charge is 0.388 e. The highest BCUT2D eigenvalue weighted by Gasteiger charge is 2.55. The molecule has 0 aliphatic carbocycles. The number of nitrogens with zero attached hydrogens (tertiary/aromatic N) is 3. The summed E-state index contributed by atoms with van der Waals surface area (Å²) >= 11 is 0. The molecule has 0 amide bonds. The van der Waals surface area contributed by atoms with Crippen LogP contribution in [0.4, 0.5) is 0 Å². The molecule has 120 valence electrons. The minimum absolute atomic E-state index is 0.186. The van der Waals surface area contributed by atoms with Crippen LogP contribution in [0.15, 0.2) is 5.11 Å². The van der Waals surface area contributed by atoms with Crippen LogP contribution in [0.25, 0.3) is 10.4 Å². The monoisotopic (exact) mass is 323 g/mol. The summed E-state index contributed by atoms with van der Waals surface area (Å²) in [5.74, 6) is -1.01. The van der Waals surface area contributed by atoms with Gasteiger partial charge in [-0.2, -0.15) is 8.42 Å². The van der Waals surface area contributed by atoms with Gasteiger partial charge in [0.25, 0.3) is 10.1 Å². The molecule has 11 heteroatoms. The Morgan fingerprint density at radius 3 is 2.67 bits per heavy atom. The predicted octanol–water partition coefficient (Wildman–Crippen LogP) is -0.121. The van der Waals surface area contributed by atoms with Gasteiger partial charge in [-0.15, -0.1) is 0 Å². The maximum absolute atomic E-state index is 11.4. The van der Waals surface area contributed by atoms with Crippen LogP contribution in [0, 0.1) is 0 Å². The lowest BCUT2D eigenvalue weighted by molar-refractivity contribution is -0.243. The van der Waals surface area contributed by atoms with E-state index in [1.54, 1.807) is 13.8 Å². The third-order valence-electron chi connectivity index (χ3n) is 3.05. The van der Waals surface area contributed by atoms with E-state index in [4.69, 9.17) is 23.9 Å². The average molecular weight is 323 g/mol. The van der Waals surface area contributed by atoms with Gasteiger partial charge in [-0.05, 0) is 19.4 Å². The minimum Gasteiger partial charge on any atom is -0.388 e. The van der Waals surface area contributed by atoms with Gasteiger partial charge in [-0.25, -0.2) is 0 Å². The van der Waals surface area contributed by atoms with Crippen LogP contribution in [-0.4, -0.2) is 62.8 Å². The van der Waals surface area contributed by atoms with E-state index >= 15 is 0 Å². The third-order valence-corrected chi connectivity index (χ3v) is 3.62. The number of rotatable bonds is 4. The van der Waals surface area contributed by atoms with Crippen molar-refractivity contribution in [1.82, 2.24) is 0 Å². The molecule has 0 aromatic rings. The molecule has 0 aromatic carbocycles. The van der Waals surface area contributed by atoms with Gasteiger partial charge in [-0.1, -0.05) is 5.11 Å². The quantitative estimate of drug-likeness (QED) is 0.329. The van der Waals surface area contributed by atoms with Crippen molar-refractivity contribution in [2.24, 2.45) is 5.11 Å². The number of aliphatic hydroxyl groups is 1. The molecule has 0 aromatic heterocycles. The molecule has 0 saturated carbocycles. The molecule has 1 N–H and O–H groups in total. The normalized spacial score (nSPS) is 38.6. The van der Waals surface area contributed by atoms with Gasteiger partial charge in [0, 0.05) is 4.91 Å². The summed E-state index contributed by atoms with van der Waals surface area (Å²) in [6, 6.07) is 0. The maximum atomic E-state index is 11.4. The highest BCUT2D eigenvalue weighted by Crippen LogP contribution is 2.37.